The number of likely N-dealkylation sites (tertiary alicyclic amines) is 1. The van der Waals surface area contributed by atoms with Gasteiger partial charge >= 0.3 is 0 Å². The molecule has 3 rings (SSSR count). The number of carbonyl (C=O) groups is 1. The highest BCUT2D eigenvalue weighted by molar-refractivity contribution is 6.33. The van der Waals surface area contributed by atoms with Crippen LogP contribution in [-0.2, 0) is 0 Å². The average molecular weight is 329 g/mol. The summed E-state index contributed by atoms with van der Waals surface area (Å²) in [6, 6.07) is 7.34. The first-order chi connectivity index (χ1) is 9.70. The molecule has 2 aliphatic heterocycles. The second-order valence-corrected chi connectivity index (χ2v) is 6.43. The van der Waals surface area contributed by atoms with Gasteiger partial charge in [0.05, 0.1) is 10.6 Å². The van der Waals surface area contributed by atoms with Gasteiger partial charge in [-0.25, -0.2) is 0 Å². The van der Waals surface area contributed by atoms with Gasteiger partial charge in [0.2, 0.25) is 0 Å². The summed E-state index contributed by atoms with van der Waals surface area (Å²) in [5.41, 5.74) is 1.11. The Morgan fingerprint density at radius 2 is 1.71 bits per heavy atom. The Bertz CT molecular complexity index is 491. The molecule has 0 saturated carbocycles. The van der Waals surface area contributed by atoms with E-state index in [1.165, 1.54) is 12.8 Å². The first kappa shape index (κ1) is 16.6. The van der Waals surface area contributed by atoms with E-state index in [1.807, 2.05) is 23.1 Å². The number of nitrogens with one attached hydrogen (secondary N) is 1. The fraction of sp³-hybridized carbons (Fsp3) is 0.562. The molecule has 0 radical (unpaired) electrons. The molecule has 0 atom stereocenters. The van der Waals surface area contributed by atoms with Crippen LogP contribution in [0.15, 0.2) is 24.3 Å². The largest absolute Gasteiger partial charge is 0.339 e. The van der Waals surface area contributed by atoms with Gasteiger partial charge in [-0.2, -0.15) is 0 Å². The molecule has 1 N–H and O–H groups in total. The van der Waals surface area contributed by atoms with Crippen molar-refractivity contribution in [3.8, 4) is 0 Å². The summed E-state index contributed by atoms with van der Waals surface area (Å²) in [7, 11) is 0. The topological polar surface area (TPSA) is 32.3 Å². The lowest BCUT2D eigenvalue weighted by atomic mass is 9.71. The smallest absolute Gasteiger partial charge is 0.255 e. The molecule has 21 heavy (non-hydrogen) atoms. The minimum absolute atomic E-state index is 0. The van der Waals surface area contributed by atoms with Crippen LogP contribution in [0.2, 0.25) is 5.02 Å². The first-order valence-corrected chi connectivity index (χ1v) is 7.83. The van der Waals surface area contributed by atoms with Gasteiger partial charge in [0, 0.05) is 13.1 Å². The van der Waals surface area contributed by atoms with Crippen molar-refractivity contribution in [3.05, 3.63) is 34.9 Å². The predicted octanol–water partition coefficient (Wildman–Crippen LogP) is 3.37. The van der Waals surface area contributed by atoms with Crippen molar-refractivity contribution >= 4 is 29.9 Å². The van der Waals surface area contributed by atoms with Gasteiger partial charge in [-0.05, 0) is 56.3 Å². The summed E-state index contributed by atoms with van der Waals surface area (Å²) in [4.78, 5) is 14.5. The minimum atomic E-state index is 0. The van der Waals surface area contributed by atoms with Crippen LogP contribution in [-0.4, -0.2) is 37.0 Å². The normalized spacial score (nSPS) is 20.9. The third kappa shape index (κ3) is 3.53. The van der Waals surface area contributed by atoms with Crippen LogP contribution in [0.25, 0.3) is 0 Å². The lowest BCUT2D eigenvalue weighted by molar-refractivity contribution is 0.0496. The lowest BCUT2D eigenvalue weighted by Gasteiger charge is -2.44. The van der Waals surface area contributed by atoms with Crippen molar-refractivity contribution in [2.45, 2.75) is 25.7 Å². The molecule has 3 nitrogen and oxygen atoms in total. The van der Waals surface area contributed by atoms with Crippen molar-refractivity contribution < 1.29 is 4.79 Å². The van der Waals surface area contributed by atoms with E-state index in [1.54, 1.807) is 6.07 Å². The van der Waals surface area contributed by atoms with Crippen molar-refractivity contribution in [2.75, 3.05) is 26.2 Å². The Morgan fingerprint density at radius 3 is 2.33 bits per heavy atom. The maximum Gasteiger partial charge on any atom is 0.255 e. The van der Waals surface area contributed by atoms with Gasteiger partial charge in [-0.3, -0.25) is 4.79 Å². The maximum atomic E-state index is 12.5. The van der Waals surface area contributed by atoms with E-state index in [-0.39, 0.29) is 18.3 Å². The van der Waals surface area contributed by atoms with E-state index in [0.717, 1.165) is 39.0 Å². The van der Waals surface area contributed by atoms with Crippen LogP contribution in [0.1, 0.15) is 36.0 Å². The highest BCUT2D eigenvalue weighted by Gasteiger charge is 2.36. The Morgan fingerprint density at radius 1 is 1.10 bits per heavy atom. The Hall–Kier alpha value is -0.770. The summed E-state index contributed by atoms with van der Waals surface area (Å²) >= 11 is 6.12. The zero-order valence-corrected chi connectivity index (χ0v) is 13.7. The third-order valence-corrected chi connectivity index (χ3v) is 5.21. The summed E-state index contributed by atoms with van der Waals surface area (Å²) in [6.07, 6.45) is 4.76. The highest BCUT2D eigenvalue weighted by Crippen LogP contribution is 2.39. The molecule has 5 heteroatoms. The number of piperidine rings is 2. The molecule has 2 saturated heterocycles. The molecule has 1 spiro atoms. The molecule has 116 valence electrons. The molecule has 0 aliphatic carbocycles. The van der Waals surface area contributed by atoms with E-state index in [2.05, 4.69) is 5.32 Å². The van der Waals surface area contributed by atoms with Crippen LogP contribution < -0.4 is 5.32 Å². The number of amides is 1. The van der Waals surface area contributed by atoms with Crippen molar-refractivity contribution in [2.24, 2.45) is 5.41 Å². The van der Waals surface area contributed by atoms with Gasteiger partial charge in [-0.1, -0.05) is 23.7 Å². The Balaban J connectivity index is 0.00000161. The standard InChI is InChI=1S/C16H21ClN2O.ClH/c17-14-4-2-1-3-13(14)15(20)19-11-7-16(8-12-19)5-9-18-10-6-16;/h1-4,18H,5-12H2;1H. The van der Waals surface area contributed by atoms with Crippen LogP contribution in [0.4, 0.5) is 0 Å². The van der Waals surface area contributed by atoms with Crippen LogP contribution in [0.3, 0.4) is 0 Å². The van der Waals surface area contributed by atoms with Gasteiger partial charge in [0.25, 0.3) is 5.91 Å². The van der Waals surface area contributed by atoms with E-state index >= 15 is 0 Å². The number of halogens is 2. The lowest BCUT2D eigenvalue weighted by Crippen LogP contribution is -2.47. The summed E-state index contributed by atoms with van der Waals surface area (Å²) in [5.74, 6) is 0.0828. The monoisotopic (exact) mass is 328 g/mol. The van der Waals surface area contributed by atoms with Crippen molar-refractivity contribution in [3.63, 3.8) is 0 Å². The number of nitrogens with zero attached hydrogens (tertiary/aromatic N) is 1. The Labute approximate surface area is 137 Å². The predicted molar refractivity (Wildman–Crippen MR) is 88.4 cm³/mol. The minimum Gasteiger partial charge on any atom is -0.339 e. The maximum absolute atomic E-state index is 12.5. The zero-order valence-electron chi connectivity index (χ0n) is 12.1. The summed E-state index contributed by atoms with van der Waals surface area (Å²) in [5, 5.41) is 3.98. The molecule has 0 unspecified atom stereocenters. The average Bonchev–Trinajstić information content (AvgIpc) is 2.49. The molecule has 1 aromatic carbocycles. The number of hydrogen-bond donors (Lipinski definition) is 1. The fourth-order valence-electron chi connectivity index (χ4n) is 3.45. The fourth-order valence-corrected chi connectivity index (χ4v) is 3.66. The summed E-state index contributed by atoms with van der Waals surface area (Å²) in [6.45, 7) is 3.98. The van der Waals surface area contributed by atoms with E-state index in [0.29, 0.717) is 16.0 Å². The Kier molecular flexibility index (Phi) is 5.53. The summed E-state index contributed by atoms with van der Waals surface area (Å²) < 4.78 is 0. The highest BCUT2D eigenvalue weighted by atomic mass is 35.5. The molecule has 1 amide bonds. The van der Waals surface area contributed by atoms with Crippen LogP contribution >= 0.6 is 24.0 Å². The van der Waals surface area contributed by atoms with E-state index < -0.39 is 0 Å². The number of rotatable bonds is 1. The van der Waals surface area contributed by atoms with Gasteiger partial charge < -0.3 is 10.2 Å². The van der Waals surface area contributed by atoms with Gasteiger partial charge in [0.15, 0.2) is 0 Å². The van der Waals surface area contributed by atoms with Crippen molar-refractivity contribution in [1.82, 2.24) is 10.2 Å². The molecule has 2 fully saturated rings. The molecule has 1 aromatic rings. The molecule has 0 bridgehead atoms. The third-order valence-electron chi connectivity index (χ3n) is 4.88. The van der Waals surface area contributed by atoms with Crippen LogP contribution in [0, 0.1) is 5.41 Å². The van der Waals surface area contributed by atoms with E-state index in [9.17, 15) is 4.79 Å². The van der Waals surface area contributed by atoms with Gasteiger partial charge in [-0.15, -0.1) is 12.4 Å². The van der Waals surface area contributed by atoms with Crippen LogP contribution in [0.5, 0.6) is 0 Å². The molecule has 2 aliphatic rings. The second kappa shape index (κ2) is 6.99. The number of carbonyl (C=O) groups excluding carboxylic acids is 1. The zero-order chi connectivity index (χ0) is 14.0. The SMILES string of the molecule is Cl.O=C(c1ccccc1Cl)N1CCC2(CCNCC2)CC1. The molecule has 0 aromatic heterocycles. The molecule has 2 heterocycles. The molecular weight excluding hydrogens is 307 g/mol. The van der Waals surface area contributed by atoms with E-state index in [4.69, 9.17) is 11.6 Å². The molecular formula is C16H22Cl2N2O. The quantitative estimate of drug-likeness (QED) is 0.857. The second-order valence-electron chi connectivity index (χ2n) is 6.02. The first-order valence-electron chi connectivity index (χ1n) is 7.45. The number of benzene rings is 1. The van der Waals surface area contributed by atoms with Gasteiger partial charge in [0.1, 0.15) is 0 Å². The van der Waals surface area contributed by atoms with Crippen molar-refractivity contribution in [1.29, 1.82) is 0 Å². The number of hydrogen-bond acceptors (Lipinski definition) is 2.